The molecule has 0 fully saturated rings. The summed E-state index contributed by atoms with van der Waals surface area (Å²) in [5.41, 5.74) is 0. The van der Waals surface area contributed by atoms with E-state index in [0.29, 0.717) is 25.7 Å². The van der Waals surface area contributed by atoms with Gasteiger partial charge in [0.1, 0.15) is 19.3 Å². The maximum absolute atomic E-state index is 13.1. The second-order valence-electron chi connectivity index (χ2n) is 26.3. The quantitative estimate of drug-likeness (QED) is 0.0222. The highest BCUT2D eigenvalue weighted by atomic mass is 31.2. The Morgan fingerprint density at radius 1 is 0.261 bits per heavy atom. The Bertz CT molecular complexity index is 1760. The summed E-state index contributed by atoms with van der Waals surface area (Å²) in [5.74, 6) is -2.12. The number of esters is 4. The van der Waals surface area contributed by atoms with Crippen molar-refractivity contribution >= 4 is 39.5 Å². The number of carbonyl (C=O) groups is 4. The molecule has 0 amide bonds. The summed E-state index contributed by atoms with van der Waals surface area (Å²) >= 11 is 0. The van der Waals surface area contributed by atoms with Gasteiger partial charge >= 0.3 is 39.5 Å². The minimum atomic E-state index is -4.95. The van der Waals surface area contributed by atoms with Crippen LogP contribution in [0.25, 0.3) is 0 Å². The summed E-state index contributed by atoms with van der Waals surface area (Å²) in [4.78, 5) is 72.5. The molecule has 5 atom stereocenters. The number of hydrogen-bond donors (Lipinski definition) is 3. The predicted molar refractivity (Wildman–Crippen MR) is 372 cm³/mol. The van der Waals surface area contributed by atoms with E-state index in [9.17, 15) is 43.2 Å². The molecule has 0 aromatic heterocycles. The summed E-state index contributed by atoms with van der Waals surface area (Å²) in [6.45, 7) is 4.94. The van der Waals surface area contributed by atoms with E-state index in [1.54, 1.807) is 0 Å². The molecule has 19 heteroatoms. The van der Waals surface area contributed by atoms with Gasteiger partial charge in [-0.15, -0.1) is 0 Å². The zero-order chi connectivity index (χ0) is 67.5. The zero-order valence-corrected chi connectivity index (χ0v) is 61.3. The van der Waals surface area contributed by atoms with Crippen LogP contribution in [0.3, 0.4) is 0 Å². The van der Waals surface area contributed by atoms with Crippen LogP contribution in [-0.4, -0.2) is 96.7 Å². The lowest BCUT2D eigenvalue weighted by Gasteiger charge is -2.21. The van der Waals surface area contributed by atoms with Gasteiger partial charge in [0.2, 0.25) is 0 Å². The van der Waals surface area contributed by atoms with Gasteiger partial charge in [0.15, 0.2) is 12.2 Å². The Labute approximate surface area is 562 Å². The third-order valence-electron chi connectivity index (χ3n) is 17.1. The fraction of sp³-hybridized carbons (Fsp3) is 0.945. The maximum Gasteiger partial charge on any atom is 0.472 e. The van der Waals surface area contributed by atoms with E-state index >= 15 is 0 Å². The zero-order valence-electron chi connectivity index (χ0n) is 59.5. The molecular weight excluding hydrogens is 1210 g/mol. The molecule has 546 valence electrons. The normalized spacial score (nSPS) is 13.9. The first-order chi connectivity index (χ1) is 44.7. The lowest BCUT2D eigenvalue weighted by atomic mass is 10.0. The standard InChI is InChI=1S/C73H142O17P2/c1-5-9-13-17-21-25-28-30-32-34-36-38-40-43-46-50-54-58-71(76)84-64-69(90-73(78)60-56-52-48-44-41-39-37-35-33-31-29-26-22-18-14-10-6-2)66-88-92(81,82)86-62-67(74)61-85-91(79,80)87-65-68(63-83-70(75)57-53-49-45-24-20-16-12-8-4)89-72(77)59-55-51-47-42-27-23-19-15-11-7-3/h67-69,74H,5-66H2,1-4H3,(H,79,80)(H,81,82)/t67-,68+,69+/m0/s1. The second kappa shape index (κ2) is 67.6. The monoisotopic (exact) mass is 1350 g/mol. The molecule has 0 radical (unpaired) electrons. The van der Waals surface area contributed by atoms with Crippen molar-refractivity contribution in [1.29, 1.82) is 0 Å². The van der Waals surface area contributed by atoms with Crippen molar-refractivity contribution in [2.45, 2.75) is 406 Å². The molecule has 0 aromatic rings. The molecule has 0 aliphatic carbocycles. The van der Waals surface area contributed by atoms with E-state index in [1.807, 2.05) is 0 Å². The van der Waals surface area contributed by atoms with Crippen LogP contribution >= 0.6 is 15.6 Å². The van der Waals surface area contributed by atoms with Crippen molar-refractivity contribution in [1.82, 2.24) is 0 Å². The van der Waals surface area contributed by atoms with Gasteiger partial charge in [-0.1, -0.05) is 336 Å². The molecule has 0 rings (SSSR count). The fourth-order valence-corrected chi connectivity index (χ4v) is 12.8. The largest absolute Gasteiger partial charge is 0.472 e. The SMILES string of the molecule is CCCCCCCCCCCCCCCCCCCC(=O)OC[C@H](COP(=O)(O)OC[C@@H](O)COP(=O)(O)OC[C@@H](COC(=O)CCCCCCCCCC)OC(=O)CCCCCCCCCCCC)OC(=O)CCCCCCCCCCCCCCCCCCC. The Morgan fingerprint density at radius 2 is 0.435 bits per heavy atom. The van der Waals surface area contributed by atoms with Gasteiger partial charge < -0.3 is 33.8 Å². The van der Waals surface area contributed by atoms with Crippen LogP contribution in [-0.2, 0) is 65.4 Å². The summed E-state index contributed by atoms with van der Waals surface area (Å²) in [7, 11) is -9.90. The molecule has 0 bridgehead atoms. The van der Waals surface area contributed by atoms with E-state index in [-0.39, 0.29) is 25.7 Å². The van der Waals surface area contributed by atoms with Crippen molar-refractivity contribution in [2.75, 3.05) is 39.6 Å². The van der Waals surface area contributed by atoms with E-state index in [0.717, 1.165) is 96.3 Å². The molecule has 3 N–H and O–H groups in total. The molecule has 0 aliphatic rings. The Morgan fingerprint density at radius 3 is 0.641 bits per heavy atom. The second-order valence-corrected chi connectivity index (χ2v) is 29.2. The van der Waals surface area contributed by atoms with Crippen molar-refractivity contribution in [3.8, 4) is 0 Å². The van der Waals surface area contributed by atoms with Crippen LogP contribution < -0.4 is 0 Å². The summed E-state index contributed by atoms with van der Waals surface area (Å²) < 4.78 is 68.3. The highest BCUT2D eigenvalue weighted by molar-refractivity contribution is 7.47. The van der Waals surface area contributed by atoms with Crippen LogP contribution in [0.1, 0.15) is 387 Å². The highest BCUT2D eigenvalue weighted by Crippen LogP contribution is 2.45. The van der Waals surface area contributed by atoms with Gasteiger partial charge in [0.05, 0.1) is 26.4 Å². The summed E-state index contributed by atoms with van der Waals surface area (Å²) in [6, 6.07) is 0. The van der Waals surface area contributed by atoms with Gasteiger partial charge in [-0.3, -0.25) is 37.3 Å². The molecule has 17 nitrogen and oxygen atoms in total. The highest BCUT2D eigenvalue weighted by Gasteiger charge is 2.30. The molecule has 0 saturated heterocycles. The fourth-order valence-electron chi connectivity index (χ4n) is 11.2. The average molecular weight is 1350 g/mol. The number of phosphoric ester groups is 2. The Kier molecular flexibility index (Phi) is 66.2. The van der Waals surface area contributed by atoms with E-state index < -0.39 is 97.5 Å². The molecule has 0 spiro atoms. The average Bonchev–Trinajstić information content (AvgIpc) is 3.75. The first-order valence-electron chi connectivity index (χ1n) is 38.3. The smallest absolute Gasteiger partial charge is 0.462 e. The van der Waals surface area contributed by atoms with Crippen molar-refractivity contribution in [2.24, 2.45) is 0 Å². The third-order valence-corrected chi connectivity index (χ3v) is 19.0. The van der Waals surface area contributed by atoms with Crippen molar-refractivity contribution in [3.05, 3.63) is 0 Å². The minimum absolute atomic E-state index is 0.107. The topological polar surface area (TPSA) is 237 Å². The number of phosphoric acid groups is 2. The van der Waals surface area contributed by atoms with E-state index in [4.69, 9.17) is 37.0 Å². The number of unbranched alkanes of at least 4 members (excludes halogenated alkanes) is 48. The summed E-state index contributed by atoms with van der Waals surface area (Å²) in [5, 5.41) is 10.6. The van der Waals surface area contributed by atoms with Gasteiger partial charge in [0, 0.05) is 25.7 Å². The lowest BCUT2D eigenvalue weighted by molar-refractivity contribution is -0.161. The van der Waals surface area contributed by atoms with E-state index in [1.165, 1.54) is 212 Å². The Hall–Kier alpha value is -1.94. The maximum atomic E-state index is 13.1. The van der Waals surface area contributed by atoms with Crippen molar-refractivity contribution < 1.29 is 80.2 Å². The van der Waals surface area contributed by atoms with Gasteiger partial charge in [-0.25, -0.2) is 9.13 Å². The number of ether oxygens (including phenoxy) is 4. The molecule has 0 aliphatic heterocycles. The molecule has 92 heavy (non-hydrogen) atoms. The Balaban J connectivity index is 5.19. The van der Waals surface area contributed by atoms with Gasteiger partial charge in [-0.05, 0) is 25.7 Å². The van der Waals surface area contributed by atoms with Crippen molar-refractivity contribution in [3.63, 3.8) is 0 Å². The van der Waals surface area contributed by atoms with Crippen LogP contribution in [0.2, 0.25) is 0 Å². The number of aliphatic hydroxyl groups excluding tert-OH is 1. The molecule has 0 heterocycles. The van der Waals surface area contributed by atoms with Crippen LogP contribution in [0.15, 0.2) is 0 Å². The molecule has 2 unspecified atom stereocenters. The molecule has 0 saturated carbocycles. The first-order valence-corrected chi connectivity index (χ1v) is 41.3. The number of aliphatic hydroxyl groups is 1. The first kappa shape index (κ1) is 90.1. The number of rotatable bonds is 74. The minimum Gasteiger partial charge on any atom is -0.462 e. The lowest BCUT2D eigenvalue weighted by Crippen LogP contribution is -2.30. The van der Waals surface area contributed by atoms with Crippen LogP contribution in [0, 0.1) is 0 Å². The van der Waals surface area contributed by atoms with Crippen LogP contribution in [0.4, 0.5) is 0 Å². The number of carbonyl (C=O) groups excluding carboxylic acids is 4. The van der Waals surface area contributed by atoms with Gasteiger partial charge in [-0.2, -0.15) is 0 Å². The molecular formula is C73H142O17P2. The molecule has 0 aromatic carbocycles. The predicted octanol–water partition coefficient (Wildman–Crippen LogP) is 21.4. The van der Waals surface area contributed by atoms with Crippen LogP contribution in [0.5, 0.6) is 0 Å². The summed E-state index contributed by atoms with van der Waals surface area (Å²) in [6.07, 6.45) is 56.9. The third kappa shape index (κ3) is 66.7. The van der Waals surface area contributed by atoms with Gasteiger partial charge in [0.25, 0.3) is 0 Å². The van der Waals surface area contributed by atoms with E-state index in [2.05, 4.69) is 27.7 Å². The number of hydrogen-bond acceptors (Lipinski definition) is 15.